The molecule has 1 atom stereocenters. The first-order valence-corrected chi connectivity index (χ1v) is 13.3. The van der Waals surface area contributed by atoms with Crippen molar-refractivity contribution in [1.29, 1.82) is 0 Å². The second-order valence-electron chi connectivity index (χ2n) is 7.88. The van der Waals surface area contributed by atoms with E-state index in [2.05, 4.69) is 34.6 Å². The Morgan fingerprint density at radius 3 is 2.28 bits per heavy atom. The summed E-state index contributed by atoms with van der Waals surface area (Å²) in [5.41, 5.74) is 7.89. The van der Waals surface area contributed by atoms with E-state index in [0.717, 1.165) is 29.7 Å². The highest BCUT2D eigenvalue weighted by Crippen LogP contribution is 2.39. The van der Waals surface area contributed by atoms with Gasteiger partial charge in [-0.05, 0) is 56.3 Å². The molecule has 9 heteroatoms. The number of primary amides is 1. The second-order valence-corrected chi connectivity index (χ2v) is 11.1. The maximum atomic E-state index is 11.7. The van der Waals surface area contributed by atoms with Crippen molar-refractivity contribution in [3.8, 4) is 0 Å². The number of carbonyl (C=O) groups excluding carboxylic acids is 3. The van der Waals surface area contributed by atoms with Gasteiger partial charge in [0.05, 0.1) is 5.70 Å². The number of amides is 1. The highest BCUT2D eigenvalue weighted by atomic mass is 33.1. The number of benzene rings is 1. The highest BCUT2D eigenvalue weighted by molar-refractivity contribution is 8.84. The van der Waals surface area contributed by atoms with E-state index in [1.54, 1.807) is 10.8 Å². The summed E-state index contributed by atoms with van der Waals surface area (Å²) in [5.74, 6) is -1.46. The van der Waals surface area contributed by atoms with Crippen molar-refractivity contribution >= 4 is 49.4 Å². The van der Waals surface area contributed by atoms with Crippen molar-refractivity contribution in [3.63, 3.8) is 0 Å². The maximum Gasteiger partial charge on any atom is 0.302 e. The van der Waals surface area contributed by atoms with Crippen LogP contribution in [-0.4, -0.2) is 36.4 Å². The van der Waals surface area contributed by atoms with Crippen LogP contribution in [0.5, 0.6) is 0 Å². The van der Waals surface area contributed by atoms with Crippen molar-refractivity contribution in [2.45, 2.75) is 52.9 Å². The Kier molecular flexibility index (Phi) is 10.3. The van der Waals surface area contributed by atoms with Crippen molar-refractivity contribution < 1.29 is 23.9 Å². The third kappa shape index (κ3) is 8.70. The SMILES string of the molecule is CCCC=S1NC(c2ccc(CCC(COC(C)=O)(COC(C)=O)CC(N)=O)cc2)=CS1. The van der Waals surface area contributed by atoms with Crippen LogP contribution in [0.4, 0.5) is 0 Å². The molecule has 1 aromatic rings. The second kappa shape index (κ2) is 12.7. The minimum atomic E-state index is -0.864. The van der Waals surface area contributed by atoms with E-state index in [-0.39, 0.29) is 29.3 Å². The van der Waals surface area contributed by atoms with Crippen LogP contribution < -0.4 is 10.5 Å². The fraction of sp³-hybridized carbons (Fsp3) is 0.478. The minimum Gasteiger partial charge on any atom is -0.465 e. The third-order valence-corrected chi connectivity index (χ3v) is 8.03. The van der Waals surface area contributed by atoms with Gasteiger partial charge in [0, 0.05) is 31.1 Å². The number of nitrogens with two attached hydrogens (primary N) is 1. The zero-order valence-corrected chi connectivity index (χ0v) is 20.5. The summed E-state index contributed by atoms with van der Waals surface area (Å²) in [6.07, 6.45) is 3.28. The van der Waals surface area contributed by atoms with Crippen molar-refractivity contribution in [1.82, 2.24) is 4.72 Å². The molecule has 1 amide bonds. The Bertz CT molecular complexity index is 863. The monoisotopic (exact) mass is 480 g/mol. The van der Waals surface area contributed by atoms with Gasteiger partial charge in [0.2, 0.25) is 5.91 Å². The Hall–Kier alpha value is -2.26. The number of hydrogen-bond donors (Lipinski definition) is 2. The number of hydrogen-bond acceptors (Lipinski definition) is 7. The third-order valence-electron chi connectivity index (χ3n) is 4.96. The van der Waals surface area contributed by atoms with Crippen LogP contribution in [0.15, 0.2) is 29.7 Å². The zero-order valence-electron chi connectivity index (χ0n) is 18.8. The molecule has 0 saturated heterocycles. The van der Waals surface area contributed by atoms with Crippen LogP contribution in [-0.2, 0) is 30.3 Å². The van der Waals surface area contributed by atoms with E-state index < -0.39 is 23.3 Å². The summed E-state index contributed by atoms with van der Waals surface area (Å²) in [4.78, 5) is 34.5. The average molecular weight is 481 g/mol. The predicted molar refractivity (Wildman–Crippen MR) is 132 cm³/mol. The first kappa shape index (κ1) is 26.0. The van der Waals surface area contributed by atoms with Crippen LogP contribution in [0.3, 0.4) is 0 Å². The quantitative estimate of drug-likeness (QED) is 0.265. The van der Waals surface area contributed by atoms with Crippen LogP contribution in [0.2, 0.25) is 0 Å². The molecule has 0 saturated carbocycles. The summed E-state index contributed by atoms with van der Waals surface area (Å²) >= 11 is 0. The van der Waals surface area contributed by atoms with E-state index >= 15 is 0 Å². The molecule has 1 unspecified atom stereocenters. The Morgan fingerprint density at radius 2 is 1.75 bits per heavy atom. The molecule has 1 aliphatic heterocycles. The highest BCUT2D eigenvalue weighted by Gasteiger charge is 2.35. The van der Waals surface area contributed by atoms with Gasteiger partial charge in [-0.1, -0.05) is 37.6 Å². The molecule has 1 heterocycles. The number of unbranched alkanes of at least 4 members (excludes halogenated alkanes) is 1. The molecule has 2 rings (SSSR count). The van der Waals surface area contributed by atoms with Gasteiger partial charge in [0.15, 0.2) is 0 Å². The Labute approximate surface area is 195 Å². The molecule has 176 valence electrons. The fourth-order valence-corrected chi connectivity index (χ4v) is 6.27. The maximum absolute atomic E-state index is 11.7. The smallest absolute Gasteiger partial charge is 0.302 e. The largest absolute Gasteiger partial charge is 0.465 e. The van der Waals surface area contributed by atoms with Gasteiger partial charge in [0.1, 0.15) is 13.2 Å². The van der Waals surface area contributed by atoms with Crippen molar-refractivity contribution in [2.24, 2.45) is 11.1 Å². The number of carbonyl (C=O) groups is 3. The molecule has 3 N–H and O–H groups in total. The molecule has 0 radical (unpaired) electrons. The Morgan fingerprint density at radius 1 is 1.12 bits per heavy atom. The molecule has 1 aromatic carbocycles. The van der Waals surface area contributed by atoms with E-state index in [0.29, 0.717) is 12.8 Å². The molecule has 7 nitrogen and oxygen atoms in total. The van der Waals surface area contributed by atoms with Crippen molar-refractivity contribution in [2.75, 3.05) is 13.2 Å². The van der Waals surface area contributed by atoms with Crippen LogP contribution in [0, 0.1) is 5.41 Å². The van der Waals surface area contributed by atoms with Gasteiger partial charge in [0.25, 0.3) is 0 Å². The van der Waals surface area contributed by atoms with Crippen molar-refractivity contribution in [3.05, 3.63) is 40.8 Å². The molecular formula is C23H32N2O5S2. The lowest BCUT2D eigenvalue weighted by Crippen LogP contribution is -2.38. The summed E-state index contributed by atoms with van der Waals surface area (Å²) in [5, 5.41) is 4.47. The van der Waals surface area contributed by atoms with E-state index in [1.165, 1.54) is 13.8 Å². The minimum absolute atomic E-state index is 0.0257. The molecular weight excluding hydrogens is 448 g/mol. The number of nitrogens with one attached hydrogen (secondary N) is 1. The first-order valence-electron chi connectivity index (χ1n) is 10.6. The predicted octanol–water partition coefficient (Wildman–Crippen LogP) is 3.94. The van der Waals surface area contributed by atoms with Gasteiger partial charge in [-0.3, -0.25) is 14.4 Å². The lowest BCUT2D eigenvalue weighted by atomic mass is 9.80. The first-order chi connectivity index (χ1) is 15.2. The summed E-state index contributed by atoms with van der Waals surface area (Å²) in [7, 11) is 1.82. The lowest BCUT2D eigenvalue weighted by molar-refractivity contribution is -0.154. The van der Waals surface area contributed by atoms with Gasteiger partial charge < -0.3 is 19.9 Å². The summed E-state index contributed by atoms with van der Waals surface area (Å²) in [6, 6.07) is 8.22. The van der Waals surface area contributed by atoms with Gasteiger partial charge in [-0.25, -0.2) is 0 Å². The van der Waals surface area contributed by atoms with E-state index in [9.17, 15) is 14.4 Å². The molecule has 32 heavy (non-hydrogen) atoms. The number of ether oxygens (including phenoxy) is 2. The van der Waals surface area contributed by atoms with Crippen LogP contribution in [0.25, 0.3) is 5.70 Å². The van der Waals surface area contributed by atoms with Crippen LogP contribution in [0.1, 0.15) is 57.6 Å². The molecule has 0 fully saturated rings. The zero-order chi connectivity index (χ0) is 23.6. The molecule has 0 bridgehead atoms. The van der Waals surface area contributed by atoms with Gasteiger partial charge >= 0.3 is 11.9 Å². The fourth-order valence-electron chi connectivity index (χ4n) is 3.21. The van der Waals surface area contributed by atoms with Crippen LogP contribution >= 0.6 is 20.5 Å². The number of rotatable bonds is 12. The summed E-state index contributed by atoms with van der Waals surface area (Å²) < 4.78 is 13.9. The number of esters is 2. The molecule has 0 aliphatic carbocycles. The van der Waals surface area contributed by atoms with E-state index in [4.69, 9.17) is 15.2 Å². The number of aryl methyl sites for hydroxylation is 1. The molecule has 1 aliphatic rings. The lowest BCUT2D eigenvalue weighted by Gasteiger charge is -2.31. The standard InChI is InChI=1S/C23H32N2O5S2/c1-4-5-12-32-25-21(14-31-32)20-8-6-19(7-9-20)10-11-23(13-22(24)28,15-29-17(2)26)16-30-18(3)27/h6-9,12,14,25H,4-5,10-11,13,15-16H2,1-3H3,(H2,24,28). The molecule has 0 aromatic heterocycles. The van der Waals surface area contributed by atoms with E-state index in [1.807, 2.05) is 12.1 Å². The van der Waals surface area contributed by atoms with Gasteiger partial charge in [-0.15, -0.1) is 0 Å². The average Bonchev–Trinajstić information content (AvgIpc) is 3.22. The summed E-state index contributed by atoms with van der Waals surface area (Å²) in [6.45, 7) is 4.69. The molecule has 0 spiro atoms. The topological polar surface area (TPSA) is 108 Å². The normalized spacial score (nSPS) is 15.7. The van der Waals surface area contributed by atoms with Gasteiger partial charge in [-0.2, -0.15) is 0 Å². The Balaban J connectivity index is 2.08.